The molecule has 0 saturated carbocycles. The molecule has 3 aromatic rings. The number of non-ortho nitro benzene ring substituents is 1. The summed E-state index contributed by atoms with van der Waals surface area (Å²) >= 11 is 0.670. The van der Waals surface area contributed by atoms with Gasteiger partial charge in [0.1, 0.15) is 12.3 Å². The fourth-order valence-electron chi connectivity index (χ4n) is 3.30. The molecule has 3 aromatic carbocycles. The highest BCUT2D eigenvalue weighted by atomic mass is 32.2. The van der Waals surface area contributed by atoms with Crippen molar-refractivity contribution in [1.82, 2.24) is 4.90 Å². The largest absolute Gasteiger partial charge is 0.450 e. The Balaban J connectivity index is 1.49. The van der Waals surface area contributed by atoms with Crippen LogP contribution < -0.4 is 10.1 Å². The topological polar surface area (TPSA) is 162 Å². The average molecular weight is 520 g/mol. The van der Waals surface area contributed by atoms with E-state index in [1.807, 2.05) is 0 Å². The van der Waals surface area contributed by atoms with Gasteiger partial charge in [0.25, 0.3) is 16.8 Å². The number of imide groups is 1. The molecule has 4 rings (SSSR count). The minimum atomic E-state index is -0.795. The molecule has 0 spiro atoms. The van der Waals surface area contributed by atoms with Gasteiger partial charge in [-0.05, 0) is 53.7 Å². The van der Waals surface area contributed by atoms with E-state index in [2.05, 4.69) is 5.32 Å². The van der Waals surface area contributed by atoms with E-state index in [-0.39, 0.29) is 16.4 Å². The second kappa shape index (κ2) is 10.7. The quantitative estimate of drug-likeness (QED) is 0.245. The van der Waals surface area contributed by atoms with Crippen molar-refractivity contribution >= 4 is 52.0 Å². The molecule has 1 N–H and O–H groups in total. The molecule has 0 aliphatic carbocycles. The van der Waals surface area contributed by atoms with E-state index in [1.165, 1.54) is 18.2 Å². The molecule has 1 fully saturated rings. The molecule has 12 nitrogen and oxygen atoms in total. The minimum Gasteiger partial charge on any atom is -0.450 e. The first-order valence-electron chi connectivity index (χ1n) is 10.5. The summed E-state index contributed by atoms with van der Waals surface area (Å²) in [6, 6.07) is 17.7. The molecule has 0 bridgehead atoms. The summed E-state index contributed by atoms with van der Waals surface area (Å²) in [4.78, 5) is 59.1. The van der Waals surface area contributed by atoms with Crippen molar-refractivity contribution in [2.75, 3.05) is 11.9 Å². The Kier molecular flexibility index (Phi) is 7.25. The number of anilines is 1. The Labute approximate surface area is 212 Å². The van der Waals surface area contributed by atoms with Gasteiger partial charge in [-0.25, -0.2) is 0 Å². The number of carbonyl (C=O) groups is 3. The summed E-state index contributed by atoms with van der Waals surface area (Å²) in [5, 5.41) is 24.3. The zero-order valence-electron chi connectivity index (χ0n) is 18.7. The molecule has 1 saturated heterocycles. The summed E-state index contributed by atoms with van der Waals surface area (Å²) in [6.07, 6.45) is 1.43. The molecule has 1 aliphatic rings. The molecule has 0 atom stereocenters. The average Bonchev–Trinajstić information content (AvgIpc) is 3.12. The summed E-state index contributed by atoms with van der Waals surface area (Å²) in [5.41, 5.74) is -0.0723. The summed E-state index contributed by atoms with van der Waals surface area (Å²) in [7, 11) is 0. The van der Waals surface area contributed by atoms with Crippen LogP contribution in [0.1, 0.15) is 5.56 Å². The van der Waals surface area contributed by atoms with E-state index in [9.17, 15) is 34.6 Å². The third kappa shape index (κ3) is 5.97. The monoisotopic (exact) mass is 520 g/mol. The van der Waals surface area contributed by atoms with Gasteiger partial charge in [-0.3, -0.25) is 39.5 Å². The highest BCUT2D eigenvalue weighted by Crippen LogP contribution is 2.36. The molecule has 186 valence electrons. The number of nitro groups is 2. The maximum absolute atomic E-state index is 12.8. The number of hydrogen-bond donors (Lipinski definition) is 1. The van der Waals surface area contributed by atoms with E-state index < -0.39 is 44.8 Å². The van der Waals surface area contributed by atoms with Crippen molar-refractivity contribution in [3.63, 3.8) is 0 Å². The van der Waals surface area contributed by atoms with E-state index >= 15 is 0 Å². The van der Waals surface area contributed by atoms with Crippen LogP contribution in [0, 0.1) is 20.2 Å². The maximum atomic E-state index is 12.8. The molecule has 13 heteroatoms. The Morgan fingerprint density at radius 3 is 2.43 bits per heavy atom. The van der Waals surface area contributed by atoms with Crippen LogP contribution in [-0.4, -0.2) is 38.3 Å². The van der Waals surface area contributed by atoms with Crippen LogP contribution in [0.3, 0.4) is 0 Å². The molecule has 1 heterocycles. The van der Waals surface area contributed by atoms with Crippen LogP contribution in [0.2, 0.25) is 0 Å². The van der Waals surface area contributed by atoms with Crippen LogP contribution in [0.4, 0.5) is 21.9 Å². The number of carbonyl (C=O) groups excluding carboxylic acids is 3. The van der Waals surface area contributed by atoms with Crippen LogP contribution in [-0.2, 0) is 9.59 Å². The number of benzene rings is 3. The Hall–Kier alpha value is -5.04. The molecular weight excluding hydrogens is 504 g/mol. The lowest BCUT2D eigenvalue weighted by molar-refractivity contribution is -0.394. The third-order valence-electron chi connectivity index (χ3n) is 4.97. The molecule has 1 aliphatic heterocycles. The lowest BCUT2D eigenvalue weighted by Crippen LogP contribution is -2.36. The lowest BCUT2D eigenvalue weighted by Gasteiger charge is -2.12. The molecular formula is C24H16N4O8S. The SMILES string of the molecule is O=C(CN1C(=O)S/C(=C\c2cccc(Oc3ccc([N+](=O)[O-])cc3[N+](=O)[O-])c2)C1=O)Nc1ccccc1. The summed E-state index contributed by atoms with van der Waals surface area (Å²) in [6.45, 7) is -0.455. The van der Waals surface area contributed by atoms with Crippen LogP contribution >= 0.6 is 11.8 Å². The first kappa shape index (κ1) is 25.1. The fourth-order valence-corrected chi connectivity index (χ4v) is 4.13. The van der Waals surface area contributed by atoms with Gasteiger partial charge in [-0.1, -0.05) is 30.3 Å². The summed E-state index contributed by atoms with van der Waals surface area (Å²) < 4.78 is 5.57. The fraction of sp³-hybridized carbons (Fsp3) is 0.0417. The lowest BCUT2D eigenvalue weighted by atomic mass is 10.2. The second-order valence-corrected chi connectivity index (χ2v) is 8.52. The maximum Gasteiger partial charge on any atom is 0.318 e. The van der Waals surface area contributed by atoms with Crippen LogP contribution in [0.25, 0.3) is 6.08 Å². The molecule has 3 amide bonds. The number of rotatable bonds is 8. The van der Waals surface area contributed by atoms with Crippen molar-refractivity contribution in [3.8, 4) is 11.5 Å². The van der Waals surface area contributed by atoms with E-state index in [0.717, 1.165) is 23.1 Å². The predicted molar refractivity (Wildman–Crippen MR) is 134 cm³/mol. The Morgan fingerprint density at radius 1 is 0.973 bits per heavy atom. The van der Waals surface area contributed by atoms with Gasteiger partial charge in [0.05, 0.1) is 20.8 Å². The van der Waals surface area contributed by atoms with Gasteiger partial charge >= 0.3 is 5.69 Å². The number of hydrogen-bond acceptors (Lipinski definition) is 9. The third-order valence-corrected chi connectivity index (χ3v) is 5.87. The van der Waals surface area contributed by atoms with Crippen molar-refractivity contribution in [3.05, 3.63) is 103 Å². The number of amides is 3. The van der Waals surface area contributed by atoms with Crippen molar-refractivity contribution < 1.29 is 29.0 Å². The van der Waals surface area contributed by atoms with E-state index in [4.69, 9.17) is 4.74 Å². The zero-order valence-corrected chi connectivity index (χ0v) is 19.5. The number of nitrogens with one attached hydrogen (secondary N) is 1. The number of nitro benzene ring substituents is 2. The molecule has 0 radical (unpaired) electrons. The van der Waals surface area contributed by atoms with Gasteiger partial charge in [0.15, 0.2) is 0 Å². The second-order valence-electron chi connectivity index (χ2n) is 7.52. The predicted octanol–water partition coefficient (Wildman–Crippen LogP) is 4.97. The van der Waals surface area contributed by atoms with Gasteiger partial charge in [0.2, 0.25) is 11.7 Å². The number of nitrogens with zero attached hydrogens (tertiary/aromatic N) is 3. The smallest absolute Gasteiger partial charge is 0.318 e. The molecule has 0 aromatic heterocycles. The van der Waals surface area contributed by atoms with E-state index in [1.54, 1.807) is 42.5 Å². The minimum absolute atomic E-state index is 0.0796. The van der Waals surface area contributed by atoms with Gasteiger partial charge in [0, 0.05) is 11.8 Å². The highest BCUT2D eigenvalue weighted by molar-refractivity contribution is 8.18. The zero-order chi connectivity index (χ0) is 26.5. The number of thioether (sulfide) groups is 1. The Bertz CT molecular complexity index is 1460. The van der Waals surface area contributed by atoms with Gasteiger partial charge < -0.3 is 10.1 Å². The van der Waals surface area contributed by atoms with Crippen LogP contribution in [0.5, 0.6) is 11.5 Å². The van der Waals surface area contributed by atoms with Crippen molar-refractivity contribution in [1.29, 1.82) is 0 Å². The molecule has 0 unspecified atom stereocenters. The first-order valence-corrected chi connectivity index (χ1v) is 11.3. The standard InChI is InChI=1S/C24H16N4O8S/c29-22(25-16-6-2-1-3-7-16)14-26-23(30)21(37-24(26)31)12-15-5-4-8-18(11-15)36-20-10-9-17(27(32)33)13-19(20)28(34)35/h1-13H,14H2,(H,25,29)/b21-12-. The molecule has 37 heavy (non-hydrogen) atoms. The highest BCUT2D eigenvalue weighted by Gasteiger charge is 2.36. The van der Waals surface area contributed by atoms with Crippen molar-refractivity contribution in [2.45, 2.75) is 0 Å². The normalized spacial score (nSPS) is 14.1. The van der Waals surface area contributed by atoms with Crippen LogP contribution in [0.15, 0.2) is 77.7 Å². The van der Waals surface area contributed by atoms with Gasteiger partial charge in [-0.2, -0.15) is 0 Å². The number of ether oxygens (including phenoxy) is 1. The van der Waals surface area contributed by atoms with Crippen molar-refractivity contribution in [2.24, 2.45) is 0 Å². The van der Waals surface area contributed by atoms with E-state index in [0.29, 0.717) is 23.0 Å². The summed E-state index contributed by atoms with van der Waals surface area (Å²) in [5.74, 6) is -1.23. The van der Waals surface area contributed by atoms with Gasteiger partial charge in [-0.15, -0.1) is 0 Å². The number of para-hydroxylation sites is 1. The first-order chi connectivity index (χ1) is 17.7. The Morgan fingerprint density at radius 2 is 1.73 bits per heavy atom.